The van der Waals surface area contributed by atoms with Crippen molar-refractivity contribution in [1.82, 2.24) is 10.2 Å². The number of nitrogens with one attached hydrogen (secondary N) is 1. The lowest BCUT2D eigenvalue weighted by atomic mass is 10.3. The molecule has 4 nitrogen and oxygen atoms in total. The van der Waals surface area contributed by atoms with Crippen molar-refractivity contribution < 1.29 is 4.79 Å². The van der Waals surface area contributed by atoms with Gasteiger partial charge in [0.1, 0.15) is 0 Å². The topological polar surface area (TPSA) is 58.4 Å². The highest BCUT2D eigenvalue weighted by Crippen LogP contribution is 2.22. The summed E-state index contributed by atoms with van der Waals surface area (Å²) in [7, 11) is 2.03. The van der Waals surface area contributed by atoms with Crippen molar-refractivity contribution in [3.63, 3.8) is 0 Å². The van der Waals surface area contributed by atoms with Gasteiger partial charge < -0.3 is 16.0 Å². The maximum absolute atomic E-state index is 11.7. The molecule has 3 N–H and O–H groups in total. The smallest absolute Gasteiger partial charge is 0.261 e. The molecule has 5 heteroatoms. The zero-order chi connectivity index (χ0) is 12.1. The molecule has 0 saturated carbocycles. The molecule has 1 heterocycles. The molecule has 1 amide bonds. The first-order valence-corrected chi connectivity index (χ1v) is 6.19. The predicted octanol–water partition coefficient (Wildman–Crippen LogP) is 1.32. The van der Waals surface area contributed by atoms with E-state index in [1.54, 1.807) is 6.07 Å². The van der Waals surface area contributed by atoms with Gasteiger partial charge in [-0.1, -0.05) is 6.92 Å². The molecule has 0 aliphatic carbocycles. The lowest BCUT2D eigenvalue weighted by Gasteiger charge is -2.13. The Balaban J connectivity index is 2.41. The van der Waals surface area contributed by atoms with Crippen LogP contribution in [-0.4, -0.2) is 37.5 Å². The van der Waals surface area contributed by atoms with Crippen LogP contribution in [0.15, 0.2) is 6.07 Å². The predicted molar refractivity (Wildman–Crippen MR) is 69.0 cm³/mol. The number of thiophene rings is 1. The van der Waals surface area contributed by atoms with E-state index in [1.165, 1.54) is 11.3 Å². The summed E-state index contributed by atoms with van der Waals surface area (Å²) >= 11 is 1.44. The summed E-state index contributed by atoms with van der Waals surface area (Å²) in [5, 5.41) is 2.88. The minimum atomic E-state index is -0.0331. The molecule has 0 bridgehead atoms. The maximum Gasteiger partial charge on any atom is 0.261 e. The van der Waals surface area contributed by atoms with Gasteiger partial charge in [0.15, 0.2) is 0 Å². The van der Waals surface area contributed by atoms with Crippen LogP contribution in [0, 0.1) is 6.92 Å². The van der Waals surface area contributed by atoms with Crippen LogP contribution >= 0.6 is 11.3 Å². The van der Waals surface area contributed by atoms with Crippen LogP contribution in [0.25, 0.3) is 0 Å². The molecule has 0 aliphatic heterocycles. The second-order valence-electron chi connectivity index (χ2n) is 3.77. The number of anilines is 1. The number of nitrogens with zero attached hydrogens (tertiary/aromatic N) is 1. The van der Waals surface area contributed by atoms with Gasteiger partial charge in [-0.3, -0.25) is 4.79 Å². The van der Waals surface area contributed by atoms with E-state index in [4.69, 9.17) is 5.73 Å². The molecular weight excluding hydrogens is 222 g/mol. The molecule has 16 heavy (non-hydrogen) atoms. The van der Waals surface area contributed by atoms with Gasteiger partial charge in [0, 0.05) is 23.7 Å². The molecular formula is C11H19N3OS. The van der Waals surface area contributed by atoms with Gasteiger partial charge in [-0.2, -0.15) is 0 Å². The molecule has 0 atom stereocenters. The number of hydrogen-bond acceptors (Lipinski definition) is 4. The number of carbonyl (C=O) groups excluding carboxylic acids is 1. The average Bonchev–Trinajstić information content (AvgIpc) is 2.59. The molecule has 0 aliphatic rings. The van der Waals surface area contributed by atoms with Crippen LogP contribution in [0.5, 0.6) is 0 Å². The first kappa shape index (κ1) is 13.0. The Labute approximate surface area is 100 Å². The number of likely N-dealkylation sites (N-methyl/N-ethyl adjacent to an activating group) is 1. The highest BCUT2D eigenvalue weighted by molar-refractivity contribution is 7.14. The van der Waals surface area contributed by atoms with Crippen LogP contribution < -0.4 is 11.1 Å². The summed E-state index contributed by atoms with van der Waals surface area (Å²) in [6, 6.07) is 1.73. The fourth-order valence-corrected chi connectivity index (χ4v) is 2.07. The van der Waals surface area contributed by atoms with Crippen molar-refractivity contribution in [2.75, 3.05) is 32.4 Å². The van der Waals surface area contributed by atoms with Gasteiger partial charge >= 0.3 is 0 Å². The van der Waals surface area contributed by atoms with Crippen molar-refractivity contribution >= 4 is 22.9 Å². The zero-order valence-corrected chi connectivity index (χ0v) is 10.9. The average molecular weight is 241 g/mol. The van der Waals surface area contributed by atoms with E-state index >= 15 is 0 Å². The van der Waals surface area contributed by atoms with Crippen molar-refractivity contribution in [2.24, 2.45) is 0 Å². The van der Waals surface area contributed by atoms with Gasteiger partial charge in [-0.25, -0.2) is 0 Å². The molecule has 1 aromatic rings. The van der Waals surface area contributed by atoms with Crippen LogP contribution in [0.3, 0.4) is 0 Å². The van der Waals surface area contributed by atoms with E-state index in [2.05, 4.69) is 17.1 Å². The van der Waals surface area contributed by atoms with Crippen molar-refractivity contribution in [3.8, 4) is 0 Å². The van der Waals surface area contributed by atoms with E-state index in [0.29, 0.717) is 17.1 Å². The zero-order valence-electron chi connectivity index (χ0n) is 10.0. The van der Waals surface area contributed by atoms with Crippen molar-refractivity contribution in [3.05, 3.63) is 15.8 Å². The fraction of sp³-hybridized carbons (Fsp3) is 0.545. The van der Waals surface area contributed by atoms with Crippen LogP contribution in [0.4, 0.5) is 5.69 Å². The molecule has 1 rings (SSSR count). The third-order valence-corrected chi connectivity index (χ3v) is 3.56. The molecule has 0 spiro atoms. The molecule has 0 radical (unpaired) electrons. The molecule has 0 aromatic carbocycles. The number of hydrogen-bond donors (Lipinski definition) is 2. The third-order valence-electron chi connectivity index (χ3n) is 2.50. The monoisotopic (exact) mass is 241 g/mol. The van der Waals surface area contributed by atoms with Gasteiger partial charge in [0.05, 0.1) is 4.88 Å². The Hall–Kier alpha value is -1.07. The van der Waals surface area contributed by atoms with E-state index < -0.39 is 0 Å². The molecule has 90 valence electrons. The Bertz CT molecular complexity index is 343. The first-order chi connectivity index (χ1) is 7.54. The standard InChI is InChI=1S/C11H19N3OS/c1-4-14(3)6-5-13-11(15)10-7-9(12)8(2)16-10/h7H,4-6,12H2,1-3H3,(H,13,15). The summed E-state index contributed by atoms with van der Waals surface area (Å²) < 4.78 is 0. The van der Waals surface area contributed by atoms with E-state index in [9.17, 15) is 4.79 Å². The fourth-order valence-electron chi connectivity index (χ4n) is 1.21. The lowest BCUT2D eigenvalue weighted by Crippen LogP contribution is -2.32. The molecule has 1 aromatic heterocycles. The summed E-state index contributed by atoms with van der Waals surface area (Å²) in [4.78, 5) is 15.5. The van der Waals surface area contributed by atoms with Gasteiger partial charge in [0.2, 0.25) is 0 Å². The number of carbonyl (C=O) groups is 1. The summed E-state index contributed by atoms with van der Waals surface area (Å²) in [6.07, 6.45) is 0. The summed E-state index contributed by atoms with van der Waals surface area (Å²) in [5.74, 6) is -0.0331. The van der Waals surface area contributed by atoms with Crippen LogP contribution in [0.2, 0.25) is 0 Å². The number of amides is 1. The first-order valence-electron chi connectivity index (χ1n) is 5.37. The minimum Gasteiger partial charge on any atom is -0.398 e. The lowest BCUT2D eigenvalue weighted by molar-refractivity contribution is 0.0954. The number of nitrogen functional groups attached to an aromatic ring is 1. The van der Waals surface area contributed by atoms with Crippen molar-refractivity contribution in [1.29, 1.82) is 0 Å². The SMILES string of the molecule is CCN(C)CCNC(=O)c1cc(N)c(C)s1. The van der Waals surface area contributed by atoms with E-state index in [1.807, 2.05) is 14.0 Å². The second-order valence-corrected chi connectivity index (χ2v) is 5.03. The maximum atomic E-state index is 11.7. The minimum absolute atomic E-state index is 0.0331. The quantitative estimate of drug-likeness (QED) is 0.817. The van der Waals surface area contributed by atoms with Crippen LogP contribution in [0.1, 0.15) is 21.5 Å². The second kappa shape index (κ2) is 5.86. The normalized spacial score (nSPS) is 10.8. The Kier molecular flexibility index (Phi) is 4.76. The highest BCUT2D eigenvalue weighted by atomic mass is 32.1. The summed E-state index contributed by atoms with van der Waals surface area (Å²) in [5.41, 5.74) is 6.39. The van der Waals surface area contributed by atoms with Crippen LogP contribution in [-0.2, 0) is 0 Å². The molecule has 0 unspecified atom stereocenters. The number of rotatable bonds is 5. The Morgan fingerprint density at radius 3 is 2.81 bits per heavy atom. The Morgan fingerprint density at radius 1 is 1.62 bits per heavy atom. The summed E-state index contributed by atoms with van der Waals surface area (Å²) in [6.45, 7) is 6.52. The van der Waals surface area contributed by atoms with Gasteiger partial charge in [-0.05, 0) is 26.6 Å². The van der Waals surface area contributed by atoms with Gasteiger partial charge in [0.25, 0.3) is 5.91 Å². The molecule has 0 saturated heterocycles. The van der Waals surface area contributed by atoms with Crippen molar-refractivity contribution in [2.45, 2.75) is 13.8 Å². The van der Waals surface area contributed by atoms with E-state index in [-0.39, 0.29) is 5.91 Å². The largest absolute Gasteiger partial charge is 0.398 e. The van der Waals surface area contributed by atoms with E-state index in [0.717, 1.165) is 18.0 Å². The number of nitrogens with two attached hydrogens (primary N) is 1. The Morgan fingerprint density at radius 2 is 2.31 bits per heavy atom. The van der Waals surface area contributed by atoms with Gasteiger partial charge in [-0.15, -0.1) is 11.3 Å². The molecule has 0 fully saturated rings. The third kappa shape index (κ3) is 3.50. The number of aryl methyl sites for hydroxylation is 1. The highest BCUT2D eigenvalue weighted by Gasteiger charge is 2.10.